The van der Waals surface area contributed by atoms with Gasteiger partial charge in [0.2, 0.25) is 5.95 Å². The molecule has 3 heterocycles. The number of nitrogens with zero attached hydrogens (tertiary/aromatic N) is 4. The van der Waals surface area contributed by atoms with E-state index < -0.39 is 11.7 Å². The SMILES string of the molecule is CN1CCC(N2CCc3cc(Nc4ncc(C(F)(F)F)c(NC5CC5)n4)ccc3C2)CC1. The van der Waals surface area contributed by atoms with Crippen molar-refractivity contribution in [3.05, 3.63) is 41.1 Å². The van der Waals surface area contributed by atoms with Gasteiger partial charge < -0.3 is 15.5 Å². The third-order valence-corrected chi connectivity index (χ3v) is 6.72. The van der Waals surface area contributed by atoms with Gasteiger partial charge in [-0.2, -0.15) is 18.2 Å². The summed E-state index contributed by atoms with van der Waals surface area (Å²) in [5.41, 5.74) is 2.58. The normalized spacial score (nSPS) is 20.8. The average Bonchev–Trinajstić information content (AvgIpc) is 3.57. The van der Waals surface area contributed by atoms with Crippen LogP contribution in [0.5, 0.6) is 0 Å². The highest BCUT2D eigenvalue weighted by molar-refractivity contribution is 5.59. The molecule has 1 aliphatic carbocycles. The van der Waals surface area contributed by atoms with Crippen LogP contribution in [0.25, 0.3) is 0 Å². The van der Waals surface area contributed by atoms with Crippen LogP contribution in [0.3, 0.4) is 0 Å². The van der Waals surface area contributed by atoms with Crippen LogP contribution in [-0.4, -0.2) is 58.5 Å². The molecule has 5 rings (SSSR count). The molecule has 1 aromatic carbocycles. The first-order valence-electron chi connectivity index (χ1n) is 11.4. The van der Waals surface area contributed by atoms with Crippen LogP contribution < -0.4 is 10.6 Å². The summed E-state index contributed by atoms with van der Waals surface area (Å²) < 4.78 is 39.9. The predicted molar refractivity (Wildman–Crippen MR) is 118 cm³/mol. The molecule has 1 saturated carbocycles. The lowest BCUT2D eigenvalue weighted by atomic mass is 9.95. The van der Waals surface area contributed by atoms with Gasteiger partial charge >= 0.3 is 6.18 Å². The van der Waals surface area contributed by atoms with Gasteiger partial charge in [-0.25, -0.2) is 4.98 Å². The minimum Gasteiger partial charge on any atom is -0.367 e. The van der Waals surface area contributed by atoms with Gasteiger partial charge in [-0.1, -0.05) is 6.07 Å². The number of halogens is 3. The molecule has 0 bridgehead atoms. The topological polar surface area (TPSA) is 56.3 Å². The highest BCUT2D eigenvalue weighted by Crippen LogP contribution is 2.36. The second-order valence-electron chi connectivity index (χ2n) is 9.24. The van der Waals surface area contributed by atoms with E-state index in [2.05, 4.69) is 49.6 Å². The maximum atomic E-state index is 13.3. The Bertz CT molecular complexity index is 967. The summed E-state index contributed by atoms with van der Waals surface area (Å²) >= 11 is 0. The standard InChI is InChI=1S/C23H29F3N6/c1-31-9-7-19(8-10-31)32-11-6-15-12-18(3-2-16(15)14-32)29-22-27-13-20(23(24,25)26)21(30-22)28-17-4-5-17/h2-3,12-13,17,19H,4-11,14H2,1H3,(H2,27,28,29,30). The molecule has 2 N–H and O–H groups in total. The van der Waals surface area contributed by atoms with Crippen molar-refractivity contribution in [3.8, 4) is 0 Å². The molecule has 32 heavy (non-hydrogen) atoms. The molecule has 0 radical (unpaired) electrons. The van der Waals surface area contributed by atoms with Crippen LogP contribution in [0.15, 0.2) is 24.4 Å². The van der Waals surface area contributed by atoms with Gasteiger partial charge in [0.05, 0.1) is 0 Å². The van der Waals surface area contributed by atoms with Crippen LogP contribution in [0, 0.1) is 0 Å². The minimum atomic E-state index is -4.48. The number of hydrogen-bond donors (Lipinski definition) is 2. The number of rotatable bonds is 5. The van der Waals surface area contributed by atoms with E-state index in [1.165, 1.54) is 24.0 Å². The zero-order valence-corrected chi connectivity index (χ0v) is 18.3. The number of benzene rings is 1. The van der Waals surface area contributed by atoms with Gasteiger partial charge in [0.15, 0.2) is 0 Å². The summed E-state index contributed by atoms with van der Waals surface area (Å²) in [7, 11) is 2.18. The molecule has 0 amide bonds. The predicted octanol–water partition coefficient (Wildman–Crippen LogP) is 4.27. The van der Waals surface area contributed by atoms with Crippen LogP contribution >= 0.6 is 0 Å². The molecule has 6 nitrogen and oxygen atoms in total. The molecule has 1 saturated heterocycles. The Balaban J connectivity index is 1.29. The van der Waals surface area contributed by atoms with Crippen LogP contribution in [-0.2, 0) is 19.1 Å². The molecule has 0 atom stereocenters. The molecule has 1 aromatic heterocycles. The molecule has 0 unspecified atom stereocenters. The van der Waals surface area contributed by atoms with Crippen molar-refractivity contribution < 1.29 is 13.2 Å². The fourth-order valence-electron chi connectivity index (χ4n) is 4.63. The van der Waals surface area contributed by atoms with Crippen molar-refractivity contribution in [1.82, 2.24) is 19.8 Å². The van der Waals surface area contributed by atoms with Gasteiger partial charge in [-0.15, -0.1) is 0 Å². The smallest absolute Gasteiger partial charge is 0.367 e. The Labute approximate surface area is 186 Å². The first kappa shape index (κ1) is 21.5. The maximum Gasteiger partial charge on any atom is 0.421 e. The second-order valence-corrected chi connectivity index (χ2v) is 9.24. The number of nitrogens with one attached hydrogen (secondary N) is 2. The number of fused-ring (bicyclic) bond motifs is 1. The lowest BCUT2D eigenvalue weighted by molar-refractivity contribution is -0.137. The van der Waals surface area contributed by atoms with Crippen molar-refractivity contribution in [2.24, 2.45) is 0 Å². The van der Waals surface area contributed by atoms with E-state index in [0.29, 0.717) is 6.04 Å². The van der Waals surface area contributed by atoms with E-state index in [9.17, 15) is 13.2 Å². The number of aromatic nitrogens is 2. The zero-order chi connectivity index (χ0) is 22.3. The van der Waals surface area contributed by atoms with Gasteiger partial charge in [0, 0.05) is 37.1 Å². The Hall–Kier alpha value is -2.39. The second kappa shape index (κ2) is 8.51. The van der Waals surface area contributed by atoms with Crippen LogP contribution in [0.1, 0.15) is 42.4 Å². The maximum absolute atomic E-state index is 13.3. The lowest BCUT2D eigenvalue weighted by Crippen LogP contribution is -2.45. The molecule has 2 fully saturated rings. The summed E-state index contributed by atoms with van der Waals surface area (Å²) in [5, 5.41) is 5.98. The van der Waals surface area contributed by atoms with E-state index in [4.69, 9.17) is 0 Å². The molecule has 0 spiro atoms. The number of piperidine rings is 1. The first-order valence-corrected chi connectivity index (χ1v) is 11.4. The number of likely N-dealkylation sites (tertiary alicyclic amines) is 1. The molecule has 3 aliphatic rings. The molecule has 172 valence electrons. The largest absolute Gasteiger partial charge is 0.421 e. The van der Waals surface area contributed by atoms with Gasteiger partial charge in [0.25, 0.3) is 0 Å². The molecule has 9 heteroatoms. The third-order valence-electron chi connectivity index (χ3n) is 6.72. The Morgan fingerprint density at radius 3 is 2.53 bits per heavy atom. The average molecular weight is 447 g/mol. The van der Waals surface area contributed by atoms with Gasteiger partial charge in [0.1, 0.15) is 11.4 Å². The van der Waals surface area contributed by atoms with E-state index in [1.54, 1.807) is 0 Å². The zero-order valence-electron chi connectivity index (χ0n) is 18.3. The van der Waals surface area contributed by atoms with E-state index in [0.717, 1.165) is 57.3 Å². The Kier molecular flexibility index (Phi) is 5.71. The fraction of sp³-hybridized carbons (Fsp3) is 0.565. The van der Waals surface area contributed by atoms with Gasteiger partial charge in [-0.3, -0.25) is 4.90 Å². The summed E-state index contributed by atoms with van der Waals surface area (Å²) in [6.07, 6.45) is 1.51. The quantitative estimate of drug-likeness (QED) is 0.716. The van der Waals surface area contributed by atoms with Crippen molar-refractivity contribution in [1.29, 1.82) is 0 Å². The van der Waals surface area contributed by atoms with Gasteiger partial charge in [-0.05, 0) is 75.5 Å². The van der Waals surface area contributed by atoms with Crippen LogP contribution in [0.4, 0.5) is 30.6 Å². The van der Waals surface area contributed by atoms with Crippen molar-refractivity contribution in [3.63, 3.8) is 0 Å². The summed E-state index contributed by atoms with van der Waals surface area (Å²) in [5.74, 6) is 0.0223. The Morgan fingerprint density at radius 1 is 1.03 bits per heavy atom. The fourth-order valence-corrected chi connectivity index (χ4v) is 4.63. The van der Waals surface area contributed by atoms with E-state index in [-0.39, 0.29) is 17.8 Å². The highest BCUT2D eigenvalue weighted by atomic mass is 19.4. The van der Waals surface area contributed by atoms with Crippen LogP contribution in [0.2, 0.25) is 0 Å². The summed E-state index contributed by atoms with van der Waals surface area (Å²) in [4.78, 5) is 13.1. The van der Waals surface area contributed by atoms with Crippen molar-refractivity contribution in [2.75, 3.05) is 37.3 Å². The third kappa shape index (κ3) is 4.83. The molecular formula is C23H29F3N6. The highest BCUT2D eigenvalue weighted by Gasteiger charge is 2.37. The van der Waals surface area contributed by atoms with E-state index in [1.807, 2.05) is 6.07 Å². The van der Waals surface area contributed by atoms with E-state index >= 15 is 0 Å². The first-order chi connectivity index (χ1) is 15.3. The molecule has 2 aliphatic heterocycles. The van der Waals surface area contributed by atoms with Crippen molar-refractivity contribution in [2.45, 2.75) is 56.9 Å². The minimum absolute atomic E-state index is 0.0649. The molecule has 2 aromatic rings. The summed E-state index contributed by atoms with van der Waals surface area (Å²) in [6, 6.07) is 6.87. The van der Waals surface area contributed by atoms with Crippen molar-refractivity contribution >= 4 is 17.5 Å². The number of alkyl halides is 3. The Morgan fingerprint density at radius 2 is 1.81 bits per heavy atom. The number of anilines is 3. The number of hydrogen-bond acceptors (Lipinski definition) is 6. The molecular weight excluding hydrogens is 417 g/mol. The summed E-state index contributed by atoms with van der Waals surface area (Å²) in [6.45, 7) is 4.30. The lowest BCUT2D eigenvalue weighted by Gasteiger charge is -2.39. The monoisotopic (exact) mass is 446 g/mol.